The van der Waals surface area contributed by atoms with Crippen molar-refractivity contribution < 1.29 is 14.4 Å². The Hall–Kier alpha value is -3.03. The number of rotatable bonds is 7. The van der Waals surface area contributed by atoms with E-state index < -0.39 is 6.03 Å². The lowest BCUT2D eigenvalue weighted by molar-refractivity contribution is 0.0979. The Balaban J connectivity index is 1.68. The number of hydrogen-bond acceptors (Lipinski definition) is 5. The Morgan fingerprint density at radius 2 is 1.55 bits per heavy atom. The van der Waals surface area contributed by atoms with Gasteiger partial charge in [-0.1, -0.05) is 50.6 Å². The van der Waals surface area contributed by atoms with Crippen LogP contribution in [0.15, 0.2) is 42.5 Å². The lowest BCUT2D eigenvalue weighted by atomic mass is 9.76. The van der Waals surface area contributed by atoms with Gasteiger partial charge in [-0.15, -0.1) is 0 Å². The Labute approximate surface area is 170 Å². The first-order valence-electron chi connectivity index (χ1n) is 9.67. The molecular weight excluding hydrogens is 368 g/mol. The van der Waals surface area contributed by atoms with Crippen LogP contribution in [0.5, 0.6) is 0 Å². The molecule has 0 fully saturated rings. The third-order valence-corrected chi connectivity index (χ3v) is 5.39. The van der Waals surface area contributed by atoms with Crippen molar-refractivity contribution in [2.45, 2.75) is 38.5 Å². The fraction of sp³-hybridized carbons (Fsp3) is 0.318. The van der Waals surface area contributed by atoms with E-state index in [-0.39, 0.29) is 17.0 Å². The number of carbonyl (C=O) groups excluding carboxylic acids is 3. The van der Waals surface area contributed by atoms with Crippen LogP contribution >= 0.6 is 0 Å². The van der Waals surface area contributed by atoms with Crippen molar-refractivity contribution in [1.82, 2.24) is 16.3 Å². The molecule has 0 heterocycles. The van der Waals surface area contributed by atoms with E-state index in [1.54, 1.807) is 30.3 Å². The first kappa shape index (κ1) is 20.7. The second-order valence-electron chi connectivity index (χ2n) is 7.83. The fourth-order valence-electron chi connectivity index (χ4n) is 3.62. The molecule has 0 atom stereocenters. The number of hydrogen-bond donors (Lipinski definition) is 4. The van der Waals surface area contributed by atoms with Crippen LogP contribution < -0.4 is 22.1 Å². The number of urea groups is 1. The molecule has 2 aromatic rings. The molecule has 0 unspecified atom stereocenters. The summed E-state index contributed by atoms with van der Waals surface area (Å²) < 4.78 is 0. The van der Waals surface area contributed by atoms with Crippen LogP contribution in [0.3, 0.4) is 0 Å². The zero-order chi connectivity index (χ0) is 21.0. The standard InChI is InChI=1S/C22H26N4O3/c1-22(2,11-5-6-12-24-26-21(29)25-23)14-9-10-17-18(13-14)20(28)16-8-4-3-7-15(16)19(17)27/h3-4,7-10,13,24H,5-6,11-12,23H2,1-2H3,(H2,25,26,29). The molecule has 152 valence electrons. The first-order valence-corrected chi connectivity index (χ1v) is 9.67. The lowest BCUT2D eigenvalue weighted by Crippen LogP contribution is -2.47. The van der Waals surface area contributed by atoms with Gasteiger partial charge in [0, 0.05) is 28.8 Å². The van der Waals surface area contributed by atoms with Gasteiger partial charge in [0.25, 0.3) is 0 Å². The highest BCUT2D eigenvalue weighted by Gasteiger charge is 2.31. The predicted octanol–water partition coefficient (Wildman–Crippen LogP) is 2.59. The molecule has 5 N–H and O–H groups in total. The Morgan fingerprint density at radius 3 is 2.21 bits per heavy atom. The second kappa shape index (κ2) is 8.55. The normalized spacial score (nSPS) is 12.9. The molecule has 29 heavy (non-hydrogen) atoms. The van der Waals surface area contributed by atoms with Gasteiger partial charge in [0.1, 0.15) is 0 Å². The molecule has 0 saturated heterocycles. The summed E-state index contributed by atoms with van der Waals surface area (Å²) in [4.78, 5) is 36.7. The molecule has 0 aliphatic heterocycles. The summed E-state index contributed by atoms with van der Waals surface area (Å²) in [6, 6.07) is 12.1. The summed E-state index contributed by atoms with van der Waals surface area (Å²) in [7, 11) is 0. The fourth-order valence-corrected chi connectivity index (χ4v) is 3.62. The molecular formula is C22H26N4O3. The van der Waals surface area contributed by atoms with Crippen LogP contribution in [0.4, 0.5) is 4.79 Å². The molecule has 0 bridgehead atoms. The van der Waals surface area contributed by atoms with E-state index in [0.29, 0.717) is 28.8 Å². The Bertz CT molecular complexity index is 953. The largest absolute Gasteiger partial charge is 0.343 e. The third kappa shape index (κ3) is 4.36. The van der Waals surface area contributed by atoms with E-state index in [1.165, 1.54) is 0 Å². The molecule has 3 rings (SSSR count). The molecule has 0 saturated carbocycles. The topological polar surface area (TPSA) is 113 Å². The van der Waals surface area contributed by atoms with Gasteiger partial charge in [0.05, 0.1) is 0 Å². The van der Waals surface area contributed by atoms with Gasteiger partial charge in [-0.25, -0.2) is 16.1 Å². The molecule has 2 amide bonds. The van der Waals surface area contributed by atoms with Crippen molar-refractivity contribution in [1.29, 1.82) is 0 Å². The average molecular weight is 394 g/mol. The van der Waals surface area contributed by atoms with Crippen LogP contribution in [0.1, 0.15) is 70.5 Å². The van der Waals surface area contributed by atoms with Crippen LogP contribution in [0.2, 0.25) is 0 Å². The smallest absolute Gasteiger partial charge is 0.289 e. The molecule has 1 aliphatic carbocycles. The van der Waals surface area contributed by atoms with E-state index >= 15 is 0 Å². The Kier molecular flexibility index (Phi) is 6.10. The van der Waals surface area contributed by atoms with Gasteiger partial charge in [-0.2, -0.15) is 0 Å². The number of carbonyl (C=O) groups is 3. The highest BCUT2D eigenvalue weighted by Crippen LogP contribution is 2.34. The van der Waals surface area contributed by atoms with Crippen LogP contribution in [-0.4, -0.2) is 24.1 Å². The van der Waals surface area contributed by atoms with E-state index in [9.17, 15) is 14.4 Å². The van der Waals surface area contributed by atoms with Crippen molar-refractivity contribution in [2.24, 2.45) is 5.84 Å². The van der Waals surface area contributed by atoms with Crippen molar-refractivity contribution in [3.8, 4) is 0 Å². The highest BCUT2D eigenvalue weighted by molar-refractivity contribution is 6.28. The van der Waals surface area contributed by atoms with Gasteiger partial charge >= 0.3 is 6.03 Å². The third-order valence-electron chi connectivity index (χ3n) is 5.39. The van der Waals surface area contributed by atoms with E-state index in [1.807, 2.05) is 17.6 Å². The number of benzene rings is 2. The number of nitrogens with two attached hydrogens (primary N) is 1. The maximum Gasteiger partial charge on any atom is 0.343 e. The number of fused-ring (bicyclic) bond motifs is 2. The summed E-state index contributed by atoms with van der Waals surface area (Å²) in [5.41, 5.74) is 9.97. The van der Waals surface area contributed by atoms with Gasteiger partial charge in [-0.3, -0.25) is 20.4 Å². The van der Waals surface area contributed by atoms with E-state index in [4.69, 9.17) is 5.84 Å². The minimum absolute atomic E-state index is 0.0960. The molecule has 0 spiro atoms. The predicted molar refractivity (Wildman–Crippen MR) is 110 cm³/mol. The van der Waals surface area contributed by atoms with Crippen molar-refractivity contribution in [2.75, 3.05) is 6.54 Å². The SMILES string of the molecule is CC(C)(CCCCNNC(=O)NN)c1ccc2c(c1)C(=O)c1ccccc1C2=O. The molecule has 0 aromatic heterocycles. The van der Waals surface area contributed by atoms with E-state index in [2.05, 4.69) is 24.7 Å². The monoisotopic (exact) mass is 394 g/mol. The summed E-state index contributed by atoms with van der Waals surface area (Å²) in [5, 5.41) is 0. The molecule has 7 heteroatoms. The zero-order valence-electron chi connectivity index (χ0n) is 16.7. The maximum atomic E-state index is 12.9. The van der Waals surface area contributed by atoms with Crippen molar-refractivity contribution in [3.05, 3.63) is 70.3 Å². The minimum Gasteiger partial charge on any atom is -0.289 e. The average Bonchev–Trinajstić information content (AvgIpc) is 2.73. The second-order valence-corrected chi connectivity index (χ2v) is 7.83. The summed E-state index contributed by atoms with van der Waals surface area (Å²) in [6.45, 7) is 4.88. The molecule has 1 aliphatic rings. The quantitative estimate of drug-likeness (QED) is 0.213. The number of hydrazine groups is 2. The summed E-state index contributed by atoms with van der Waals surface area (Å²) in [6.07, 6.45) is 2.69. The number of unbranched alkanes of at least 4 members (excludes halogenated alkanes) is 1. The Morgan fingerprint density at radius 1 is 0.931 bits per heavy atom. The van der Waals surface area contributed by atoms with Gasteiger partial charge < -0.3 is 0 Å². The molecule has 0 radical (unpaired) electrons. The maximum absolute atomic E-state index is 12.9. The van der Waals surface area contributed by atoms with Crippen LogP contribution in [0, 0.1) is 0 Å². The molecule has 7 nitrogen and oxygen atoms in total. The lowest BCUT2D eigenvalue weighted by Gasteiger charge is -2.27. The zero-order valence-corrected chi connectivity index (χ0v) is 16.7. The number of nitrogens with one attached hydrogen (secondary N) is 3. The number of amides is 2. The summed E-state index contributed by atoms with van der Waals surface area (Å²) in [5.74, 6) is 4.79. The van der Waals surface area contributed by atoms with Crippen molar-refractivity contribution in [3.63, 3.8) is 0 Å². The highest BCUT2D eigenvalue weighted by atomic mass is 16.2. The summed E-state index contributed by atoms with van der Waals surface area (Å²) >= 11 is 0. The van der Waals surface area contributed by atoms with Gasteiger partial charge in [-0.05, 0) is 36.0 Å². The first-order chi connectivity index (χ1) is 13.8. The van der Waals surface area contributed by atoms with Crippen LogP contribution in [-0.2, 0) is 5.41 Å². The van der Waals surface area contributed by atoms with E-state index in [0.717, 1.165) is 24.8 Å². The number of ketones is 2. The minimum atomic E-state index is -0.486. The van der Waals surface area contributed by atoms with Gasteiger partial charge in [0.2, 0.25) is 0 Å². The van der Waals surface area contributed by atoms with Crippen molar-refractivity contribution >= 4 is 17.6 Å². The van der Waals surface area contributed by atoms with Gasteiger partial charge in [0.15, 0.2) is 11.6 Å². The van der Waals surface area contributed by atoms with Crippen LogP contribution in [0.25, 0.3) is 0 Å². The molecule has 2 aromatic carbocycles.